The third-order valence-corrected chi connectivity index (χ3v) is 3.82. The highest BCUT2D eigenvalue weighted by molar-refractivity contribution is 6.01. The zero-order valence-electron chi connectivity index (χ0n) is 12.7. The van der Waals surface area contributed by atoms with Gasteiger partial charge in [0.25, 0.3) is 5.91 Å². The number of hydrogen-bond donors (Lipinski definition) is 2. The average Bonchev–Trinajstić information content (AvgIpc) is 2.51. The largest absolute Gasteiger partial charge is 0.378 e. The van der Waals surface area contributed by atoms with E-state index in [0.29, 0.717) is 5.69 Å². The molecule has 1 heterocycles. The van der Waals surface area contributed by atoms with Gasteiger partial charge in [-0.3, -0.25) is 9.59 Å². The molecule has 0 saturated heterocycles. The number of aromatic amines is 1. The number of H-pyrrole nitrogens is 1. The first kappa shape index (κ1) is 15.9. The van der Waals surface area contributed by atoms with Crippen molar-refractivity contribution in [2.75, 3.05) is 19.0 Å². The molecule has 1 aromatic heterocycles. The summed E-state index contributed by atoms with van der Waals surface area (Å²) in [6.07, 6.45) is 0. The monoisotopic (exact) mass is 335 g/mol. The molecule has 1 amide bonds. The molecular weight excluding hydrogens is 323 g/mol. The zero-order chi connectivity index (χ0) is 17.8. The number of aromatic nitrogens is 1. The summed E-state index contributed by atoms with van der Waals surface area (Å²) in [5, 5.41) is -0.667. The van der Waals surface area contributed by atoms with Crippen molar-refractivity contribution in [2.45, 2.75) is 0 Å². The predicted octanol–water partition coefficient (Wildman–Crippen LogP) is 2.26. The quantitative estimate of drug-likeness (QED) is 0.557. The minimum Gasteiger partial charge on any atom is -0.378 e. The van der Waals surface area contributed by atoms with Gasteiger partial charge in [0.2, 0.25) is 0 Å². The Hall–Kier alpha value is -3.03. The first-order valence-corrected chi connectivity index (χ1v) is 6.87. The fourth-order valence-corrected chi connectivity index (χ4v) is 2.58. The van der Waals surface area contributed by atoms with E-state index in [4.69, 9.17) is 5.73 Å². The van der Waals surface area contributed by atoms with Crippen LogP contribution in [0.4, 0.5) is 18.9 Å². The number of hydrogen-bond acceptors (Lipinski definition) is 3. The van der Waals surface area contributed by atoms with E-state index in [2.05, 4.69) is 4.98 Å². The van der Waals surface area contributed by atoms with Gasteiger partial charge in [0.05, 0.1) is 10.9 Å². The highest BCUT2D eigenvalue weighted by atomic mass is 19.2. The summed E-state index contributed by atoms with van der Waals surface area (Å²) >= 11 is 0. The van der Waals surface area contributed by atoms with Gasteiger partial charge < -0.3 is 15.6 Å². The van der Waals surface area contributed by atoms with Crippen LogP contribution in [0.2, 0.25) is 0 Å². The molecule has 3 N–H and O–H groups in total. The molecule has 0 bridgehead atoms. The molecule has 0 aliphatic rings. The summed E-state index contributed by atoms with van der Waals surface area (Å²) in [6, 6.07) is 4.65. The van der Waals surface area contributed by atoms with Crippen LogP contribution in [0.1, 0.15) is 10.4 Å². The first-order chi connectivity index (χ1) is 11.2. The molecule has 5 nitrogen and oxygen atoms in total. The van der Waals surface area contributed by atoms with Gasteiger partial charge in [0, 0.05) is 30.7 Å². The van der Waals surface area contributed by atoms with E-state index in [0.717, 1.165) is 0 Å². The molecule has 3 aromatic rings. The maximum absolute atomic E-state index is 14.5. The minimum absolute atomic E-state index is 0.0778. The van der Waals surface area contributed by atoms with Gasteiger partial charge in [-0.15, -0.1) is 0 Å². The number of nitrogens with one attached hydrogen (secondary N) is 1. The summed E-state index contributed by atoms with van der Waals surface area (Å²) in [5.41, 5.74) is 2.99. The van der Waals surface area contributed by atoms with Crippen molar-refractivity contribution >= 4 is 33.4 Å². The van der Waals surface area contributed by atoms with Crippen LogP contribution in [-0.4, -0.2) is 25.0 Å². The van der Waals surface area contributed by atoms with E-state index in [1.165, 1.54) is 12.1 Å². The van der Waals surface area contributed by atoms with Crippen molar-refractivity contribution in [3.8, 4) is 0 Å². The maximum atomic E-state index is 14.5. The molecule has 24 heavy (non-hydrogen) atoms. The first-order valence-electron chi connectivity index (χ1n) is 6.87. The molecule has 0 unspecified atom stereocenters. The fourth-order valence-electron chi connectivity index (χ4n) is 2.58. The average molecular weight is 335 g/mol. The molecule has 0 saturated carbocycles. The van der Waals surface area contributed by atoms with Gasteiger partial charge in [-0.05, 0) is 18.2 Å². The number of pyridine rings is 1. The van der Waals surface area contributed by atoms with Crippen molar-refractivity contribution in [3.63, 3.8) is 0 Å². The van der Waals surface area contributed by atoms with Gasteiger partial charge in [-0.2, -0.15) is 0 Å². The maximum Gasteiger partial charge on any atom is 0.254 e. The number of nitrogens with zero attached hydrogens (tertiary/aromatic N) is 1. The van der Waals surface area contributed by atoms with Crippen LogP contribution in [-0.2, 0) is 0 Å². The molecule has 0 atom stereocenters. The number of carbonyl (C=O) groups excluding carboxylic acids is 1. The number of carbonyl (C=O) groups is 1. The highest BCUT2D eigenvalue weighted by Crippen LogP contribution is 2.27. The predicted molar refractivity (Wildman–Crippen MR) is 84.8 cm³/mol. The van der Waals surface area contributed by atoms with Crippen LogP contribution in [0, 0.1) is 17.5 Å². The summed E-state index contributed by atoms with van der Waals surface area (Å²) in [4.78, 5) is 28.0. The molecule has 0 radical (unpaired) electrons. The highest BCUT2D eigenvalue weighted by Gasteiger charge is 2.26. The fraction of sp³-hybridized carbons (Fsp3) is 0.125. The molecule has 2 aromatic carbocycles. The Bertz CT molecular complexity index is 1070. The SMILES string of the molecule is CN(C)c1ccc2[nH]c3c(F)c(F)c(C(N)=O)c(F)c3c(=O)c2c1. The Balaban J connectivity index is 2.57. The molecule has 0 spiro atoms. The number of halogens is 3. The number of rotatable bonds is 2. The molecular formula is C16H12F3N3O2. The molecule has 3 rings (SSSR count). The lowest BCUT2D eigenvalue weighted by atomic mass is 10.0. The van der Waals surface area contributed by atoms with E-state index in [1.54, 1.807) is 25.1 Å². The van der Waals surface area contributed by atoms with Crippen molar-refractivity contribution < 1.29 is 18.0 Å². The normalized spacial score (nSPS) is 11.2. The second-order valence-electron chi connectivity index (χ2n) is 5.51. The molecule has 124 valence electrons. The lowest BCUT2D eigenvalue weighted by Gasteiger charge is -2.14. The number of anilines is 1. The van der Waals surface area contributed by atoms with Gasteiger partial charge in [-0.1, -0.05) is 0 Å². The molecule has 0 aliphatic carbocycles. The second-order valence-corrected chi connectivity index (χ2v) is 5.51. The standard InChI is InChI=1S/C16H12F3N3O2/c1-22(2)6-3-4-8-7(5-6)15(23)10-11(17)9(16(20)24)12(18)13(19)14(10)21-8/h3-5H,1-2H3,(H2,20,24)(H,21,23). The molecule has 0 aliphatic heterocycles. The zero-order valence-corrected chi connectivity index (χ0v) is 12.7. The summed E-state index contributed by atoms with van der Waals surface area (Å²) < 4.78 is 42.6. The number of benzene rings is 2. The summed E-state index contributed by atoms with van der Waals surface area (Å²) in [5.74, 6) is -6.23. The van der Waals surface area contributed by atoms with Crippen molar-refractivity contribution in [2.24, 2.45) is 5.73 Å². The van der Waals surface area contributed by atoms with Crippen LogP contribution < -0.4 is 16.1 Å². The van der Waals surface area contributed by atoms with E-state index in [9.17, 15) is 22.8 Å². The lowest BCUT2D eigenvalue weighted by Crippen LogP contribution is -2.20. The summed E-state index contributed by atoms with van der Waals surface area (Å²) in [7, 11) is 3.49. The van der Waals surface area contributed by atoms with Gasteiger partial charge in [0.15, 0.2) is 22.9 Å². The van der Waals surface area contributed by atoms with Crippen LogP contribution in [0.5, 0.6) is 0 Å². The van der Waals surface area contributed by atoms with Crippen LogP contribution in [0.25, 0.3) is 21.8 Å². The van der Waals surface area contributed by atoms with Crippen LogP contribution in [0.15, 0.2) is 23.0 Å². The Labute approximate surface area is 133 Å². The Kier molecular flexibility index (Phi) is 3.47. The van der Waals surface area contributed by atoms with Crippen molar-refractivity contribution in [1.82, 2.24) is 4.98 Å². The second kappa shape index (κ2) is 5.26. The smallest absolute Gasteiger partial charge is 0.254 e. The van der Waals surface area contributed by atoms with Crippen molar-refractivity contribution in [1.29, 1.82) is 0 Å². The van der Waals surface area contributed by atoms with Crippen molar-refractivity contribution in [3.05, 3.63) is 51.4 Å². The third-order valence-electron chi connectivity index (χ3n) is 3.82. The van der Waals surface area contributed by atoms with E-state index >= 15 is 0 Å². The number of nitrogens with two attached hydrogens (primary N) is 1. The Morgan fingerprint density at radius 3 is 2.38 bits per heavy atom. The van der Waals surface area contributed by atoms with E-state index in [1.807, 2.05) is 0 Å². The lowest BCUT2D eigenvalue weighted by molar-refractivity contribution is 0.0991. The number of primary amides is 1. The van der Waals surface area contributed by atoms with E-state index < -0.39 is 45.3 Å². The Morgan fingerprint density at radius 2 is 1.79 bits per heavy atom. The Morgan fingerprint density at radius 1 is 1.12 bits per heavy atom. The topological polar surface area (TPSA) is 79.2 Å². The van der Waals surface area contributed by atoms with E-state index in [-0.39, 0.29) is 10.9 Å². The molecule has 0 fully saturated rings. The van der Waals surface area contributed by atoms with Crippen LogP contribution >= 0.6 is 0 Å². The molecule has 8 heteroatoms. The van der Waals surface area contributed by atoms with Crippen LogP contribution in [0.3, 0.4) is 0 Å². The minimum atomic E-state index is -1.73. The number of amides is 1. The number of fused-ring (bicyclic) bond motifs is 2. The van der Waals surface area contributed by atoms with Gasteiger partial charge in [0.1, 0.15) is 5.56 Å². The summed E-state index contributed by atoms with van der Waals surface area (Å²) in [6.45, 7) is 0. The third kappa shape index (κ3) is 2.10. The van der Waals surface area contributed by atoms with Gasteiger partial charge >= 0.3 is 0 Å². The van der Waals surface area contributed by atoms with Gasteiger partial charge in [-0.25, -0.2) is 13.2 Å².